The summed E-state index contributed by atoms with van der Waals surface area (Å²) in [7, 11) is 0. The van der Waals surface area contributed by atoms with E-state index in [1.807, 2.05) is 42.5 Å². The van der Waals surface area contributed by atoms with Gasteiger partial charge in [0.2, 0.25) is 0 Å². The highest BCUT2D eigenvalue weighted by molar-refractivity contribution is 7.99. The van der Waals surface area contributed by atoms with Crippen molar-refractivity contribution in [2.24, 2.45) is 0 Å². The Balaban J connectivity index is 1.64. The van der Waals surface area contributed by atoms with Gasteiger partial charge >= 0.3 is 0 Å². The van der Waals surface area contributed by atoms with E-state index in [0.29, 0.717) is 12.2 Å². The monoisotopic (exact) mass is 343 g/mol. The fraction of sp³-hybridized carbons (Fsp3) is 0.316. The third kappa shape index (κ3) is 3.74. The number of hydrogen-bond donors (Lipinski definition) is 2. The van der Waals surface area contributed by atoms with Gasteiger partial charge in [-0.3, -0.25) is 4.79 Å². The minimum atomic E-state index is -0.731. The zero-order valence-electron chi connectivity index (χ0n) is 13.6. The summed E-state index contributed by atoms with van der Waals surface area (Å²) in [6, 6.07) is 13.2. The molecule has 2 aromatic rings. The number of aliphatic hydroxyl groups excluding tert-OH is 1. The van der Waals surface area contributed by atoms with Crippen LogP contribution in [0.4, 0.5) is 0 Å². The first-order valence-electron chi connectivity index (χ1n) is 8.12. The van der Waals surface area contributed by atoms with Gasteiger partial charge in [-0.2, -0.15) is 0 Å². The summed E-state index contributed by atoms with van der Waals surface area (Å²) in [4.78, 5) is 13.4. The molecule has 0 aromatic heterocycles. The van der Waals surface area contributed by atoms with Gasteiger partial charge in [0.1, 0.15) is 5.75 Å². The lowest BCUT2D eigenvalue weighted by Crippen LogP contribution is -2.28. The van der Waals surface area contributed by atoms with E-state index < -0.39 is 6.10 Å². The summed E-state index contributed by atoms with van der Waals surface area (Å²) in [6.07, 6.45) is 0.134. The summed E-state index contributed by atoms with van der Waals surface area (Å²) < 4.78 is 5.47. The van der Waals surface area contributed by atoms with E-state index >= 15 is 0 Å². The van der Waals surface area contributed by atoms with Crippen molar-refractivity contribution in [2.75, 3.05) is 18.9 Å². The Labute approximate surface area is 146 Å². The second-order valence-electron chi connectivity index (χ2n) is 5.62. The Morgan fingerprint density at radius 3 is 3.00 bits per heavy atom. The van der Waals surface area contributed by atoms with Gasteiger partial charge in [-0.05, 0) is 41.1 Å². The normalized spacial score (nSPS) is 13.9. The number of rotatable bonds is 6. The second-order valence-corrected chi connectivity index (χ2v) is 6.93. The maximum Gasteiger partial charge on any atom is 0.252 e. The molecule has 1 atom stereocenters. The van der Waals surface area contributed by atoms with Crippen LogP contribution < -0.4 is 10.1 Å². The Bertz CT molecular complexity index is 732. The van der Waals surface area contributed by atoms with Crippen molar-refractivity contribution >= 4 is 17.7 Å². The summed E-state index contributed by atoms with van der Waals surface area (Å²) >= 11 is 1.64. The molecule has 0 spiro atoms. The summed E-state index contributed by atoms with van der Waals surface area (Å²) in [5.41, 5.74) is 2.57. The summed E-state index contributed by atoms with van der Waals surface area (Å²) in [6.45, 7) is 2.93. The lowest BCUT2D eigenvalue weighted by atomic mass is 10.0. The third-order valence-corrected chi connectivity index (χ3v) is 4.94. The number of ether oxygens (including phenoxy) is 1. The van der Waals surface area contributed by atoms with Crippen molar-refractivity contribution in [3.63, 3.8) is 0 Å². The van der Waals surface area contributed by atoms with Crippen LogP contribution in [0, 0.1) is 0 Å². The number of benzene rings is 2. The molecule has 2 N–H and O–H groups in total. The number of amides is 1. The maximum atomic E-state index is 12.4. The van der Waals surface area contributed by atoms with Gasteiger partial charge in [0.15, 0.2) is 0 Å². The SMILES string of the molecule is CCSc1ccccc1C(=O)NCC(O)c1ccc2c(c1)CCO2. The second kappa shape index (κ2) is 7.73. The average Bonchev–Trinajstić information content (AvgIpc) is 3.08. The van der Waals surface area contributed by atoms with Crippen molar-refractivity contribution in [2.45, 2.75) is 24.3 Å². The third-order valence-electron chi connectivity index (χ3n) is 3.99. The Morgan fingerprint density at radius 2 is 2.17 bits per heavy atom. The highest BCUT2D eigenvalue weighted by Crippen LogP contribution is 2.28. The van der Waals surface area contributed by atoms with Crippen molar-refractivity contribution < 1.29 is 14.6 Å². The standard InChI is InChI=1S/C19H21NO3S/c1-2-24-18-6-4-3-5-15(18)19(22)20-12-16(21)13-7-8-17-14(11-13)9-10-23-17/h3-8,11,16,21H,2,9-10,12H2,1H3,(H,20,22). The van der Waals surface area contributed by atoms with Gasteiger partial charge in [-0.15, -0.1) is 11.8 Å². The molecule has 0 fully saturated rings. The van der Waals surface area contributed by atoms with E-state index in [4.69, 9.17) is 4.74 Å². The van der Waals surface area contributed by atoms with Gasteiger partial charge in [0, 0.05) is 17.9 Å². The van der Waals surface area contributed by atoms with Crippen molar-refractivity contribution in [3.8, 4) is 5.75 Å². The zero-order chi connectivity index (χ0) is 16.9. The van der Waals surface area contributed by atoms with Crippen LogP contribution in [0.2, 0.25) is 0 Å². The molecule has 126 valence electrons. The van der Waals surface area contributed by atoms with E-state index in [2.05, 4.69) is 12.2 Å². The summed E-state index contributed by atoms with van der Waals surface area (Å²) in [5, 5.41) is 13.2. The predicted molar refractivity (Wildman–Crippen MR) is 95.8 cm³/mol. The van der Waals surface area contributed by atoms with Gasteiger partial charge in [-0.1, -0.05) is 25.1 Å². The first kappa shape index (κ1) is 16.9. The largest absolute Gasteiger partial charge is 0.493 e. The van der Waals surface area contributed by atoms with Crippen LogP contribution in [0.25, 0.3) is 0 Å². The molecule has 1 aliphatic heterocycles. The van der Waals surface area contributed by atoms with Crippen LogP contribution in [0.15, 0.2) is 47.4 Å². The topological polar surface area (TPSA) is 58.6 Å². The first-order valence-corrected chi connectivity index (χ1v) is 9.11. The Kier molecular flexibility index (Phi) is 5.43. The highest BCUT2D eigenvalue weighted by Gasteiger charge is 2.17. The van der Waals surface area contributed by atoms with Crippen molar-refractivity contribution in [1.82, 2.24) is 5.32 Å². The number of hydrogen-bond acceptors (Lipinski definition) is 4. The average molecular weight is 343 g/mol. The van der Waals surface area contributed by atoms with Crippen LogP contribution in [-0.2, 0) is 6.42 Å². The lowest BCUT2D eigenvalue weighted by molar-refractivity contribution is 0.0913. The minimum absolute atomic E-state index is 0.157. The molecular formula is C19H21NO3S. The fourth-order valence-electron chi connectivity index (χ4n) is 2.75. The van der Waals surface area contributed by atoms with Crippen molar-refractivity contribution in [3.05, 3.63) is 59.2 Å². The molecule has 0 radical (unpaired) electrons. The molecule has 0 saturated heterocycles. The molecule has 2 aromatic carbocycles. The van der Waals surface area contributed by atoms with Gasteiger partial charge in [0.25, 0.3) is 5.91 Å². The molecule has 4 nitrogen and oxygen atoms in total. The van der Waals surface area contributed by atoms with Crippen molar-refractivity contribution in [1.29, 1.82) is 0 Å². The van der Waals surface area contributed by atoms with Crippen LogP contribution >= 0.6 is 11.8 Å². The van der Waals surface area contributed by atoms with Gasteiger partial charge in [0.05, 0.1) is 18.3 Å². The molecule has 0 aliphatic carbocycles. The van der Waals surface area contributed by atoms with Crippen LogP contribution in [0.1, 0.15) is 34.5 Å². The van der Waals surface area contributed by atoms with E-state index in [1.165, 1.54) is 0 Å². The fourth-order valence-corrected chi connectivity index (χ4v) is 3.55. The molecule has 5 heteroatoms. The van der Waals surface area contributed by atoms with E-state index in [9.17, 15) is 9.90 Å². The van der Waals surface area contributed by atoms with Crippen LogP contribution in [0.3, 0.4) is 0 Å². The molecule has 0 bridgehead atoms. The Hall–Kier alpha value is -1.98. The first-order chi connectivity index (χ1) is 11.7. The molecule has 24 heavy (non-hydrogen) atoms. The number of thioether (sulfide) groups is 1. The Morgan fingerprint density at radius 1 is 1.33 bits per heavy atom. The lowest BCUT2D eigenvalue weighted by Gasteiger charge is -2.14. The number of aliphatic hydroxyl groups is 1. The van der Waals surface area contributed by atoms with Gasteiger partial charge < -0.3 is 15.2 Å². The van der Waals surface area contributed by atoms with Crippen LogP contribution in [-0.4, -0.2) is 29.9 Å². The number of carbonyl (C=O) groups is 1. The van der Waals surface area contributed by atoms with Gasteiger partial charge in [-0.25, -0.2) is 0 Å². The zero-order valence-corrected chi connectivity index (χ0v) is 14.4. The molecule has 3 rings (SSSR count). The summed E-state index contributed by atoms with van der Waals surface area (Å²) in [5.74, 6) is 1.64. The van der Waals surface area contributed by atoms with E-state index in [0.717, 1.165) is 33.9 Å². The number of fused-ring (bicyclic) bond motifs is 1. The molecule has 1 aliphatic rings. The minimum Gasteiger partial charge on any atom is -0.493 e. The number of carbonyl (C=O) groups excluding carboxylic acids is 1. The van der Waals surface area contributed by atoms with Crippen LogP contribution in [0.5, 0.6) is 5.75 Å². The maximum absolute atomic E-state index is 12.4. The quantitative estimate of drug-likeness (QED) is 0.791. The molecule has 1 amide bonds. The molecule has 1 unspecified atom stereocenters. The van der Waals surface area contributed by atoms with E-state index in [-0.39, 0.29) is 12.5 Å². The molecule has 0 saturated carbocycles. The highest BCUT2D eigenvalue weighted by atomic mass is 32.2. The number of nitrogens with one attached hydrogen (secondary N) is 1. The van der Waals surface area contributed by atoms with E-state index in [1.54, 1.807) is 11.8 Å². The molecule has 1 heterocycles. The molecular weight excluding hydrogens is 322 g/mol. The smallest absolute Gasteiger partial charge is 0.252 e. The predicted octanol–water partition coefficient (Wildman–Crippen LogP) is 3.20.